The Kier molecular flexibility index (Phi) is 3.90. The van der Waals surface area contributed by atoms with Gasteiger partial charge in [-0.05, 0) is 24.6 Å². The average Bonchev–Trinajstić information content (AvgIpc) is 2.18. The number of rotatable bonds is 1. The third-order valence-electron chi connectivity index (χ3n) is 1.88. The van der Waals surface area contributed by atoms with Crippen LogP contribution in [0.15, 0.2) is 18.2 Å². The molecule has 0 saturated heterocycles. The molecule has 0 aliphatic carbocycles. The van der Waals surface area contributed by atoms with E-state index in [1.807, 2.05) is 25.1 Å². The van der Waals surface area contributed by atoms with Crippen molar-refractivity contribution in [3.8, 4) is 11.8 Å². The molecule has 0 spiro atoms. The average molecular weight is 202 g/mol. The number of carbonyl (C=O) groups excluding carboxylic acids is 1. The molecule has 3 heteroatoms. The van der Waals surface area contributed by atoms with E-state index in [2.05, 4.69) is 17.2 Å². The number of nitrogens with one attached hydrogen (secondary N) is 1. The summed E-state index contributed by atoms with van der Waals surface area (Å²) in [5.74, 6) is 5.66. The van der Waals surface area contributed by atoms with Gasteiger partial charge in [-0.2, -0.15) is 0 Å². The summed E-state index contributed by atoms with van der Waals surface area (Å²) in [6.45, 7) is 3.78. The van der Waals surface area contributed by atoms with E-state index in [0.29, 0.717) is 6.54 Å². The zero-order chi connectivity index (χ0) is 11.3. The van der Waals surface area contributed by atoms with Gasteiger partial charge in [-0.15, -0.1) is 0 Å². The molecule has 0 fully saturated rings. The molecular formula is C12H14N2O. The first-order valence-electron chi connectivity index (χ1n) is 4.70. The van der Waals surface area contributed by atoms with Gasteiger partial charge in [0.1, 0.15) is 0 Å². The third kappa shape index (κ3) is 3.45. The normalized spacial score (nSPS) is 9.00. The highest BCUT2D eigenvalue weighted by Crippen LogP contribution is 2.14. The van der Waals surface area contributed by atoms with Crippen molar-refractivity contribution < 1.29 is 4.79 Å². The van der Waals surface area contributed by atoms with Gasteiger partial charge in [0, 0.05) is 18.2 Å². The Labute approximate surface area is 89.7 Å². The second-order valence-corrected chi connectivity index (χ2v) is 3.22. The first kappa shape index (κ1) is 11.3. The second-order valence-electron chi connectivity index (χ2n) is 3.22. The van der Waals surface area contributed by atoms with E-state index >= 15 is 0 Å². The molecule has 1 amide bonds. The summed E-state index contributed by atoms with van der Waals surface area (Å²) in [6.07, 6.45) is 0. The van der Waals surface area contributed by atoms with Crippen LogP contribution in [0.4, 0.5) is 5.69 Å². The van der Waals surface area contributed by atoms with E-state index in [9.17, 15) is 4.79 Å². The summed E-state index contributed by atoms with van der Waals surface area (Å²) in [6, 6.07) is 5.62. The molecule has 0 aliphatic heterocycles. The lowest BCUT2D eigenvalue weighted by molar-refractivity contribution is -0.114. The lowest BCUT2D eigenvalue weighted by Gasteiger charge is -2.04. The van der Waals surface area contributed by atoms with Gasteiger partial charge in [-0.1, -0.05) is 17.9 Å². The Morgan fingerprint density at radius 1 is 1.53 bits per heavy atom. The summed E-state index contributed by atoms with van der Waals surface area (Å²) in [7, 11) is 0. The second kappa shape index (κ2) is 5.18. The van der Waals surface area contributed by atoms with Gasteiger partial charge in [-0.25, -0.2) is 0 Å². The van der Waals surface area contributed by atoms with Crippen LogP contribution < -0.4 is 11.1 Å². The first-order chi connectivity index (χ1) is 7.13. The van der Waals surface area contributed by atoms with Crippen molar-refractivity contribution in [2.45, 2.75) is 13.8 Å². The lowest BCUT2D eigenvalue weighted by Crippen LogP contribution is -2.05. The SMILES string of the molecule is CC(=O)Nc1ccc(C)c(C#CCN)c1. The summed E-state index contributed by atoms with van der Waals surface area (Å²) >= 11 is 0. The molecule has 3 N–H and O–H groups in total. The Morgan fingerprint density at radius 2 is 2.27 bits per heavy atom. The fourth-order valence-corrected chi connectivity index (χ4v) is 1.18. The van der Waals surface area contributed by atoms with Crippen molar-refractivity contribution in [2.75, 3.05) is 11.9 Å². The van der Waals surface area contributed by atoms with E-state index in [0.717, 1.165) is 16.8 Å². The summed E-state index contributed by atoms with van der Waals surface area (Å²) in [5.41, 5.74) is 8.03. The van der Waals surface area contributed by atoms with Crippen molar-refractivity contribution in [1.29, 1.82) is 0 Å². The molecule has 1 rings (SSSR count). The molecule has 15 heavy (non-hydrogen) atoms. The molecule has 0 aliphatic rings. The van der Waals surface area contributed by atoms with E-state index in [1.54, 1.807) is 0 Å². The number of aryl methyl sites for hydroxylation is 1. The maximum Gasteiger partial charge on any atom is 0.221 e. The fraction of sp³-hybridized carbons (Fsp3) is 0.250. The van der Waals surface area contributed by atoms with Gasteiger partial charge in [0.05, 0.1) is 6.54 Å². The molecule has 0 radical (unpaired) electrons. The van der Waals surface area contributed by atoms with Gasteiger partial charge < -0.3 is 11.1 Å². The highest BCUT2D eigenvalue weighted by Gasteiger charge is 1.99. The van der Waals surface area contributed by atoms with Crippen molar-refractivity contribution in [3.63, 3.8) is 0 Å². The van der Waals surface area contributed by atoms with Crippen molar-refractivity contribution >= 4 is 11.6 Å². The number of carbonyl (C=O) groups is 1. The van der Waals surface area contributed by atoms with Crippen LogP contribution in [0, 0.1) is 18.8 Å². The summed E-state index contributed by atoms with van der Waals surface area (Å²) < 4.78 is 0. The summed E-state index contributed by atoms with van der Waals surface area (Å²) in [5, 5.41) is 2.71. The van der Waals surface area contributed by atoms with Crippen LogP contribution in [-0.4, -0.2) is 12.5 Å². The molecule has 0 heterocycles. The van der Waals surface area contributed by atoms with Crippen LogP contribution in [-0.2, 0) is 4.79 Å². The molecule has 78 valence electrons. The molecule has 0 aromatic heterocycles. The topological polar surface area (TPSA) is 55.1 Å². The molecule has 1 aromatic rings. The van der Waals surface area contributed by atoms with Gasteiger partial charge in [0.15, 0.2) is 0 Å². The fourth-order valence-electron chi connectivity index (χ4n) is 1.18. The van der Waals surface area contributed by atoms with Crippen LogP contribution in [0.25, 0.3) is 0 Å². The van der Waals surface area contributed by atoms with E-state index in [4.69, 9.17) is 5.73 Å². The van der Waals surface area contributed by atoms with Crippen LogP contribution in [0.2, 0.25) is 0 Å². The van der Waals surface area contributed by atoms with Crippen LogP contribution >= 0.6 is 0 Å². The highest BCUT2D eigenvalue weighted by atomic mass is 16.1. The van der Waals surface area contributed by atoms with Gasteiger partial charge >= 0.3 is 0 Å². The molecule has 3 nitrogen and oxygen atoms in total. The van der Waals surface area contributed by atoms with Crippen molar-refractivity contribution in [1.82, 2.24) is 0 Å². The van der Waals surface area contributed by atoms with Gasteiger partial charge in [-0.3, -0.25) is 4.79 Å². The molecule has 0 bridgehead atoms. The maximum atomic E-state index is 10.9. The zero-order valence-electron chi connectivity index (χ0n) is 8.92. The Morgan fingerprint density at radius 3 is 2.87 bits per heavy atom. The van der Waals surface area contributed by atoms with Crippen LogP contribution in [0.3, 0.4) is 0 Å². The zero-order valence-corrected chi connectivity index (χ0v) is 8.92. The molecule has 1 aromatic carbocycles. The minimum atomic E-state index is -0.0865. The molecule has 0 unspecified atom stereocenters. The standard InChI is InChI=1S/C12H14N2O/c1-9-5-6-12(14-10(2)15)8-11(9)4-3-7-13/h5-6,8H,7,13H2,1-2H3,(H,14,15). The Balaban J connectivity index is 2.99. The highest BCUT2D eigenvalue weighted by molar-refractivity contribution is 5.88. The molecule has 0 saturated carbocycles. The van der Waals surface area contributed by atoms with Gasteiger partial charge in [0.25, 0.3) is 0 Å². The summed E-state index contributed by atoms with van der Waals surface area (Å²) in [4.78, 5) is 10.9. The maximum absolute atomic E-state index is 10.9. The van der Waals surface area contributed by atoms with E-state index in [-0.39, 0.29) is 5.91 Å². The minimum Gasteiger partial charge on any atom is -0.326 e. The van der Waals surface area contributed by atoms with E-state index < -0.39 is 0 Å². The molecule has 0 atom stereocenters. The van der Waals surface area contributed by atoms with Crippen LogP contribution in [0.5, 0.6) is 0 Å². The first-order valence-corrected chi connectivity index (χ1v) is 4.70. The Bertz CT molecular complexity index is 427. The quantitative estimate of drug-likeness (QED) is 0.674. The Hall–Kier alpha value is -1.79. The smallest absolute Gasteiger partial charge is 0.221 e. The lowest BCUT2D eigenvalue weighted by atomic mass is 10.1. The molecular weight excluding hydrogens is 188 g/mol. The van der Waals surface area contributed by atoms with Crippen molar-refractivity contribution in [3.05, 3.63) is 29.3 Å². The van der Waals surface area contributed by atoms with E-state index in [1.165, 1.54) is 6.92 Å². The monoisotopic (exact) mass is 202 g/mol. The number of hydrogen-bond acceptors (Lipinski definition) is 2. The largest absolute Gasteiger partial charge is 0.326 e. The third-order valence-corrected chi connectivity index (χ3v) is 1.88. The number of benzene rings is 1. The van der Waals surface area contributed by atoms with Gasteiger partial charge in [0.2, 0.25) is 5.91 Å². The minimum absolute atomic E-state index is 0.0865. The number of hydrogen-bond donors (Lipinski definition) is 2. The number of amides is 1. The van der Waals surface area contributed by atoms with Crippen LogP contribution in [0.1, 0.15) is 18.1 Å². The van der Waals surface area contributed by atoms with Crippen molar-refractivity contribution in [2.24, 2.45) is 5.73 Å². The predicted octanol–water partition coefficient (Wildman–Crippen LogP) is 1.26. The number of anilines is 1. The number of nitrogens with two attached hydrogens (primary N) is 1. The predicted molar refractivity (Wildman–Crippen MR) is 61.4 cm³/mol.